The Balaban J connectivity index is 1.64. The molecule has 1 fully saturated rings. The van der Waals surface area contributed by atoms with Gasteiger partial charge >= 0.3 is 0 Å². The summed E-state index contributed by atoms with van der Waals surface area (Å²) in [6.45, 7) is 1.79. The first kappa shape index (κ1) is 17.1. The Labute approximate surface area is 158 Å². The van der Waals surface area contributed by atoms with Gasteiger partial charge in [-0.05, 0) is 44.0 Å². The van der Waals surface area contributed by atoms with Crippen molar-refractivity contribution in [3.8, 4) is 17.0 Å². The number of aliphatic hydroxyl groups is 1. The van der Waals surface area contributed by atoms with Gasteiger partial charge in [-0.15, -0.1) is 10.2 Å². The monoisotopic (exact) mass is 385 g/mol. The van der Waals surface area contributed by atoms with Gasteiger partial charge in [-0.1, -0.05) is 0 Å². The van der Waals surface area contributed by atoms with Gasteiger partial charge in [-0.25, -0.2) is 8.78 Å². The van der Waals surface area contributed by atoms with Crippen LogP contribution in [-0.4, -0.2) is 30.6 Å². The number of phenolic OH excluding ortho intramolecular Hbond substituents is 1. The second-order valence-electron chi connectivity index (χ2n) is 7.61. The van der Waals surface area contributed by atoms with Gasteiger partial charge in [0.05, 0.1) is 28.5 Å². The minimum Gasteiger partial charge on any atom is -0.506 e. The molecule has 3 aromatic heterocycles. The maximum Gasteiger partial charge on any atom is 0.264 e. The molecule has 1 aliphatic rings. The smallest absolute Gasteiger partial charge is 0.264 e. The van der Waals surface area contributed by atoms with E-state index in [2.05, 4.69) is 10.2 Å². The number of fused-ring (bicyclic) bond motifs is 2. The Morgan fingerprint density at radius 1 is 1.25 bits per heavy atom. The number of aromatic nitrogens is 3. The van der Waals surface area contributed by atoms with Gasteiger partial charge in [0.1, 0.15) is 11.3 Å². The zero-order valence-corrected chi connectivity index (χ0v) is 14.9. The van der Waals surface area contributed by atoms with E-state index < -0.39 is 12.0 Å². The number of benzene rings is 1. The molecule has 28 heavy (non-hydrogen) atoms. The molecule has 0 radical (unpaired) electrons. The molecular formula is C20H17F2N3O3. The summed E-state index contributed by atoms with van der Waals surface area (Å²) < 4.78 is 34.4. The number of aromatic hydroxyl groups is 1. The van der Waals surface area contributed by atoms with Crippen molar-refractivity contribution in [3.63, 3.8) is 0 Å². The van der Waals surface area contributed by atoms with Crippen molar-refractivity contribution >= 4 is 22.0 Å². The molecule has 4 aromatic rings. The average Bonchev–Trinajstić information content (AvgIpc) is 3.25. The van der Waals surface area contributed by atoms with E-state index in [1.165, 1.54) is 18.4 Å². The molecule has 5 rings (SSSR count). The largest absolute Gasteiger partial charge is 0.506 e. The second kappa shape index (κ2) is 5.75. The molecule has 1 aliphatic carbocycles. The number of hydrogen-bond donors (Lipinski definition) is 2. The minimum atomic E-state index is -2.81. The number of halogens is 2. The van der Waals surface area contributed by atoms with Gasteiger partial charge in [-0.2, -0.15) is 0 Å². The fourth-order valence-electron chi connectivity index (χ4n) is 4.08. The molecule has 0 saturated heterocycles. The first-order chi connectivity index (χ1) is 13.3. The van der Waals surface area contributed by atoms with Crippen molar-refractivity contribution in [2.75, 3.05) is 0 Å². The molecule has 0 spiro atoms. The third kappa shape index (κ3) is 2.48. The predicted molar refractivity (Wildman–Crippen MR) is 98.3 cm³/mol. The van der Waals surface area contributed by atoms with Crippen LogP contribution in [0, 0.1) is 0 Å². The lowest BCUT2D eigenvalue weighted by Gasteiger charge is -2.41. The van der Waals surface area contributed by atoms with E-state index >= 15 is 0 Å². The normalized spacial score (nSPS) is 22.2. The Morgan fingerprint density at radius 2 is 2.04 bits per heavy atom. The van der Waals surface area contributed by atoms with Crippen LogP contribution in [0.5, 0.6) is 5.75 Å². The Bertz CT molecular complexity index is 1200. The summed E-state index contributed by atoms with van der Waals surface area (Å²) in [7, 11) is 0. The summed E-state index contributed by atoms with van der Waals surface area (Å²) in [4.78, 5) is 0. The molecule has 1 aromatic carbocycles. The lowest BCUT2D eigenvalue weighted by molar-refractivity contribution is -0.0498. The van der Waals surface area contributed by atoms with Gasteiger partial charge < -0.3 is 19.2 Å². The second-order valence-corrected chi connectivity index (χ2v) is 7.61. The highest BCUT2D eigenvalue weighted by Crippen LogP contribution is 2.44. The van der Waals surface area contributed by atoms with Gasteiger partial charge in [0.15, 0.2) is 5.65 Å². The molecule has 0 atom stereocenters. The number of furan rings is 1. The number of phenols is 1. The van der Waals surface area contributed by atoms with Crippen molar-refractivity contribution in [2.24, 2.45) is 0 Å². The first-order valence-electron chi connectivity index (χ1n) is 8.92. The summed E-state index contributed by atoms with van der Waals surface area (Å²) in [6.07, 6.45) is 1.62. The highest BCUT2D eigenvalue weighted by atomic mass is 19.3. The third-order valence-electron chi connectivity index (χ3n) is 5.46. The van der Waals surface area contributed by atoms with Gasteiger partial charge in [0, 0.05) is 23.2 Å². The van der Waals surface area contributed by atoms with Crippen LogP contribution >= 0.6 is 0 Å². The maximum atomic E-state index is 13.6. The Hall–Kier alpha value is -3.00. The molecule has 8 heteroatoms. The number of rotatable bonds is 3. The fourth-order valence-corrected chi connectivity index (χ4v) is 4.08. The lowest BCUT2D eigenvalue weighted by atomic mass is 9.77. The topological polar surface area (TPSA) is 84.3 Å². The number of alkyl halides is 2. The highest BCUT2D eigenvalue weighted by molar-refractivity contribution is 5.94. The van der Waals surface area contributed by atoms with Crippen LogP contribution in [0.1, 0.15) is 37.8 Å². The summed E-state index contributed by atoms with van der Waals surface area (Å²) in [5.74, 6) is -0.301. The Morgan fingerprint density at radius 3 is 2.75 bits per heavy atom. The molecular weight excluding hydrogens is 368 g/mol. The van der Waals surface area contributed by atoms with Gasteiger partial charge in [0.25, 0.3) is 6.43 Å². The van der Waals surface area contributed by atoms with Crippen LogP contribution in [0.25, 0.3) is 33.3 Å². The molecule has 0 aliphatic heterocycles. The third-order valence-corrected chi connectivity index (χ3v) is 5.46. The predicted octanol–water partition coefficient (Wildman–Crippen LogP) is 4.57. The molecule has 6 nitrogen and oxygen atoms in total. The standard InChI is InChI=1S/C20H17F2N3O3/c1-20(27)8-11(9-20)25-4-2-10-6-14(23-24-19(10)25)16-13(18(21)22)7-15-12(17(16)26)3-5-28-15/h2-7,11,18,26-27H,8-9H2,1H3. The minimum absolute atomic E-state index is 0.0439. The molecule has 0 unspecified atom stereocenters. The van der Waals surface area contributed by atoms with Crippen molar-refractivity contribution in [1.82, 2.24) is 14.8 Å². The maximum absolute atomic E-state index is 13.6. The van der Waals surface area contributed by atoms with E-state index in [0.29, 0.717) is 23.9 Å². The lowest BCUT2D eigenvalue weighted by Crippen LogP contribution is -2.41. The van der Waals surface area contributed by atoms with Gasteiger partial charge in [0.2, 0.25) is 0 Å². The Kier molecular flexibility index (Phi) is 3.51. The zero-order chi connectivity index (χ0) is 19.6. The highest BCUT2D eigenvalue weighted by Gasteiger charge is 2.39. The molecule has 0 bridgehead atoms. The van der Waals surface area contributed by atoms with E-state index in [1.807, 2.05) is 16.8 Å². The quantitative estimate of drug-likeness (QED) is 0.540. The summed E-state index contributed by atoms with van der Waals surface area (Å²) in [5.41, 5.74) is -0.102. The number of nitrogens with zero attached hydrogens (tertiary/aromatic N) is 3. The summed E-state index contributed by atoms with van der Waals surface area (Å²) >= 11 is 0. The van der Waals surface area contributed by atoms with Crippen LogP contribution in [0.3, 0.4) is 0 Å². The fraction of sp³-hybridized carbons (Fsp3) is 0.300. The molecule has 144 valence electrons. The van der Waals surface area contributed by atoms with Crippen molar-refractivity contribution < 1.29 is 23.4 Å². The van der Waals surface area contributed by atoms with E-state index in [1.54, 1.807) is 13.0 Å². The average molecular weight is 385 g/mol. The van der Waals surface area contributed by atoms with Crippen molar-refractivity contribution in [3.05, 3.63) is 42.3 Å². The molecule has 1 saturated carbocycles. The molecule has 3 heterocycles. The van der Waals surface area contributed by atoms with E-state index in [9.17, 15) is 19.0 Å². The van der Waals surface area contributed by atoms with Crippen molar-refractivity contribution in [1.29, 1.82) is 0 Å². The van der Waals surface area contributed by atoms with Crippen molar-refractivity contribution in [2.45, 2.75) is 37.8 Å². The van der Waals surface area contributed by atoms with Crippen LogP contribution in [0.4, 0.5) is 8.78 Å². The van der Waals surface area contributed by atoms with Crippen LogP contribution in [0.15, 0.2) is 41.1 Å². The van der Waals surface area contributed by atoms with E-state index in [4.69, 9.17) is 4.42 Å². The summed E-state index contributed by atoms with van der Waals surface area (Å²) in [6, 6.07) is 6.34. The van der Waals surface area contributed by atoms with E-state index in [-0.39, 0.29) is 34.2 Å². The van der Waals surface area contributed by atoms with E-state index in [0.717, 1.165) is 5.39 Å². The summed E-state index contributed by atoms with van der Waals surface area (Å²) in [5, 5.41) is 30.0. The van der Waals surface area contributed by atoms with Crippen LogP contribution in [0.2, 0.25) is 0 Å². The van der Waals surface area contributed by atoms with Crippen LogP contribution in [-0.2, 0) is 0 Å². The van der Waals surface area contributed by atoms with Gasteiger partial charge in [-0.3, -0.25) is 0 Å². The SMILES string of the molecule is CC1(O)CC(n2ccc3cc(-c4c(C(F)F)cc5occc5c4O)nnc32)C1. The molecule has 0 amide bonds. The zero-order valence-electron chi connectivity index (χ0n) is 14.9. The van der Waals surface area contributed by atoms with Crippen LogP contribution < -0.4 is 0 Å². The molecule has 2 N–H and O–H groups in total. The first-order valence-corrected chi connectivity index (χ1v) is 8.92. The number of hydrogen-bond acceptors (Lipinski definition) is 5.